The molecule has 2 rings (SSSR count). The Morgan fingerprint density at radius 2 is 2.00 bits per heavy atom. The predicted octanol–water partition coefficient (Wildman–Crippen LogP) is 0.219. The van der Waals surface area contributed by atoms with Gasteiger partial charge in [0.2, 0.25) is 5.91 Å². The lowest BCUT2D eigenvalue weighted by Gasteiger charge is -2.32. The van der Waals surface area contributed by atoms with Gasteiger partial charge in [-0.3, -0.25) is 4.79 Å². The number of piperidine rings is 1. The fourth-order valence-electron chi connectivity index (χ4n) is 2.75. The third-order valence-corrected chi connectivity index (χ3v) is 4.02. The normalized spacial score (nSPS) is 32.2. The molecule has 0 bridgehead atoms. The first kappa shape index (κ1) is 14.3. The number of carbonyl (C=O) groups excluding carboxylic acids is 1. The summed E-state index contributed by atoms with van der Waals surface area (Å²) in [5.41, 5.74) is 0. The maximum Gasteiger partial charge on any atom is 0.332 e. The summed E-state index contributed by atoms with van der Waals surface area (Å²) >= 11 is 0. The monoisotopic (exact) mass is 270 g/mol. The molecular formula is C13H22N2O4. The second kappa shape index (κ2) is 6.34. The Morgan fingerprint density at radius 3 is 2.63 bits per heavy atom. The quantitative estimate of drug-likeness (QED) is 0.764. The summed E-state index contributed by atoms with van der Waals surface area (Å²) in [5.74, 6) is -1.16. The van der Waals surface area contributed by atoms with Gasteiger partial charge in [0.1, 0.15) is 6.10 Å². The lowest BCUT2D eigenvalue weighted by Crippen LogP contribution is -2.46. The van der Waals surface area contributed by atoms with Crippen molar-refractivity contribution in [3.63, 3.8) is 0 Å². The van der Waals surface area contributed by atoms with Gasteiger partial charge in [-0.1, -0.05) is 6.42 Å². The molecule has 6 nitrogen and oxygen atoms in total. The van der Waals surface area contributed by atoms with E-state index in [0.717, 1.165) is 13.0 Å². The van der Waals surface area contributed by atoms with Gasteiger partial charge < -0.3 is 20.1 Å². The highest BCUT2D eigenvalue weighted by atomic mass is 16.5. The Hall–Kier alpha value is -1.14. The molecule has 2 aliphatic rings. The van der Waals surface area contributed by atoms with Crippen molar-refractivity contribution in [2.24, 2.45) is 0 Å². The maximum atomic E-state index is 11.9. The van der Waals surface area contributed by atoms with Crippen LogP contribution < -0.4 is 5.32 Å². The summed E-state index contributed by atoms with van der Waals surface area (Å²) in [6, 6.07) is 0.384. The number of ether oxygens (including phenoxy) is 1. The van der Waals surface area contributed by atoms with Crippen LogP contribution in [0, 0.1) is 0 Å². The minimum absolute atomic E-state index is 0.178. The molecule has 2 aliphatic heterocycles. The number of hydrogen-bond donors (Lipinski definition) is 2. The van der Waals surface area contributed by atoms with Crippen LogP contribution in [0.1, 0.15) is 32.1 Å². The Balaban J connectivity index is 1.74. The molecule has 1 amide bonds. The Kier molecular flexibility index (Phi) is 4.76. The zero-order valence-electron chi connectivity index (χ0n) is 11.3. The van der Waals surface area contributed by atoms with Gasteiger partial charge in [0.25, 0.3) is 0 Å². The maximum absolute atomic E-state index is 11.9. The van der Waals surface area contributed by atoms with E-state index >= 15 is 0 Å². The largest absolute Gasteiger partial charge is 0.479 e. The average Bonchev–Trinajstić information content (AvgIpc) is 2.87. The van der Waals surface area contributed by atoms with Gasteiger partial charge in [0.15, 0.2) is 6.10 Å². The number of nitrogens with zero attached hydrogens (tertiary/aromatic N) is 1. The summed E-state index contributed by atoms with van der Waals surface area (Å²) < 4.78 is 5.23. The predicted molar refractivity (Wildman–Crippen MR) is 68.8 cm³/mol. The number of carboxylic acids is 1. The van der Waals surface area contributed by atoms with Gasteiger partial charge >= 0.3 is 5.97 Å². The third-order valence-electron chi connectivity index (χ3n) is 4.02. The lowest BCUT2D eigenvalue weighted by molar-refractivity contribution is -0.151. The van der Waals surface area contributed by atoms with Crippen LogP contribution in [-0.4, -0.2) is 60.3 Å². The standard InChI is InChI=1S/C13H22N2O4/c1-15-7-3-2-4-9(15)8-14-12(16)10-5-6-11(19-10)13(17)18/h9-11H,2-8H2,1H3,(H,14,16)(H,17,18)/t9?,10-,11+/m0/s1. The molecule has 3 atom stereocenters. The van der Waals surface area contributed by atoms with Crippen molar-refractivity contribution in [1.29, 1.82) is 0 Å². The average molecular weight is 270 g/mol. The fraction of sp³-hybridized carbons (Fsp3) is 0.846. The zero-order valence-corrected chi connectivity index (χ0v) is 11.3. The van der Waals surface area contributed by atoms with Crippen molar-refractivity contribution in [2.45, 2.75) is 50.4 Å². The van der Waals surface area contributed by atoms with Crippen LogP contribution in [0.25, 0.3) is 0 Å². The number of rotatable bonds is 4. The number of likely N-dealkylation sites (N-methyl/N-ethyl adjacent to an activating group) is 1. The third kappa shape index (κ3) is 3.67. The molecule has 0 aromatic carbocycles. The molecular weight excluding hydrogens is 248 g/mol. The first-order valence-corrected chi connectivity index (χ1v) is 6.94. The number of amides is 1. The van der Waals surface area contributed by atoms with Crippen LogP contribution in [0.3, 0.4) is 0 Å². The minimum Gasteiger partial charge on any atom is -0.479 e. The Bertz CT molecular complexity index is 348. The molecule has 19 heavy (non-hydrogen) atoms. The molecule has 2 saturated heterocycles. The number of carbonyl (C=O) groups is 2. The van der Waals surface area contributed by atoms with Gasteiger partial charge in [-0.25, -0.2) is 4.79 Å². The molecule has 0 aromatic heterocycles. The summed E-state index contributed by atoms with van der Waals surface area (Å²) in [6.07, 6.45) is 2.99. The van der Waals surface area contributed by atoms with Gasteiger partial charge in [-0.05, 0) is 39.3 Å². The lowest BCUT2D eigenvalue weighted by atomic mass is 10.0. The molecule has 0 spiro atoms. The van der Waals surface area contributed by atoms with Gasteiger partial charge in [0.05, 0.1) is 0 Å². The van der Waals surface area contributed by atoms with E-state index in [9.17, 15) is 9.59 Å². The number of likely N-dealkylation sites (tertiary alicyclic amines) is 1. The van der Waals surface area contributed by atoms with E-state index in [4.69, 9.17) is 9.84 Å². The number of carboxylic acid groups (broad SMARTS) is 1. The highest BCUT2D eigenvalue weighted by Gasteiger charge is 2.34. The van der Waals surface area contributed by atoms with Gasteiger partial charge in [-0.15, -0.1) is 0 Å². The fourth-order valence-corrected chi connectivity index (χ4v) is 2.75. The Labute approximate surface area is 113 Å². The van der Waals surface area contributed by atoms with Crippen LogP contribution in [0.2, 0.25) is 0 Å². The molecule has 2 fully saturated rings. The molecule has 2 N–H and O–H groups in total. The smallest absolute Gasteiger partial charge is 0.332 e. The molecule has 2 heterocycles. The number of aliphatic carboxylic acids is 1. The number of nitrogens with one attached hydrogen (secondary N) is 1. The molecule has 0 radical (unpaired) electrons. The summed E-state index contributed by atoms with van der Waals surface area (Å²) in [7, 11) is 2.07. The first-order valence-electron chi connectivity index (χ1n) is 6.94. The summed E-state index contributed by atoms with van der Waals surface area (Å²) in [5, 5.41) is 11.7. The van der Waals surface area contributed by atoms with E-state index in [0.29, 0.717) is 25.4 Å². The van der Waals surface area contributed by atoms with Crippen molar-refractivity contribution in [2.75, 3.05) is 20.1 Å². The molecule has 0 aliphatic carbocycles. The summed E-state index contributed by atoms with van der Waals surface area (Å²) in [6.45, 7) is 1.69. The van der Waals surface area contributed by atoms with Gasteiger partial charge in [-0.2, -0.15) is 0 Å². The number of hydrogen-bond acceptors (Lipinski definition) is 4. The van der Waals surface area contributed by atoms with Crippen molar-refractivity contribution < 1.29 is 19.4 Å². The van der Waals surface area contributed by atoms with Crippen LogP contribution in [0.15, 0.2) is 0 Å². The second-order valence-electron chi connectivity index (χ2n) is 5.40. The highest BCUT2D eigenvalue weighted by molar-refractivity contribution is 5.82. The van der Waals surface area contributed by atoms with Crippen molar-refractivity contribution in [1.82, 2.24) is 10.2 Å². The molecule has 0 saturated carbocycles. The highest BCUT2D eigenvalue weighted by Crippen LogP contribution is 2.20. The van der Waals surface area contributed by atoms with Crippen molar-refractivity contribution in [3.8, 4) is 0 Å². The molecule has 1 unspecified atom stereocenters. The van der Waals surface area contributed by atoms with E-state index in [1.165, 1.54) is 12.8 Å². The first-order chi connectivity index (χ1) is 9.08. The van der Waals surface area contributed by atoms with Crippen LogP contribution in [0.5, 0.6) is 0 Å². The Morgan fingerprint density at radius 1 is 1.26 bits per heavy atom. The summed E-state index contributed by atoms with van der Waals surface area (Å²) in [4.78, 5) is 24.9. The topological polar surface area (TPSA) is 78.9 Å². The van der Waals surface area contributed by atoms with E-state index in [1.807, 2.05) is 0 Å². The molecule has 6 heteroatoms. The molecule has 0 aromatic rings. The van der Waals surface area contributed by atoms with E-state index in [1.54, 1.807) is 0 Å². The SMILES string of the molecule is CN1CCCCC1CNC(=O)[C@@H]1CC[C@H](C(=O)O)O1. The second-order valence-corrected chi connectivity index (χ2v) is 5.40. The minimum atomic E-state index is -0.984. The van der Waals surface area contributed by atoms with Crippen LogP contribution >= 0.6 is 0 Å². The zero-order chi connectivity index (χ0) is 13.8. The van der Waals surface area contributed by atoms with E-state index < -0.39 is 18.2 Å². The van der Waals surface area contributed by atoms with Gasteiger partial charge in [0, 0.05) is 12.6 Å². The van der Waals surface area contributed by atoms with Crippen molar-refractivity contribution >= 4 is 11.9 Å². The molecule has 108 valence electrons. The van der Waals surface area contributed by atoms with E-state index in [-0.39, 0.29) is 5.91 Å². The van der Waals surface area contributed by atoms with Crippen LogP contribution in [-0.2, 0) is 14.3 Å². The van der Waals surface area contributed by atoms with Crippen molar-refractivity contribution in [3.05, 3.63) is 0 Å². The van der Waals surface area contributed by atoms with E-state index in [2.05, 4.69) is 17.3 Å². The van der Waals surface area contributed by atoms with Crippen LogP contribution in [0.4, 0.5) is 0 Å².